The van der Waals surface area contributed by atoms with Crippen LogP contribution >= 0.6 is 0 Å². The zero-order valence-corrected chi connectivity index (χ0v) is 11.0. The van der Waals surface area contributed by atoms with E-state index in [0.29, 0.717) is 24.9 Å². The van der Waals surface area contributed by atoms with E-state index in [0.717, 1.165) is 12.8 Å². The fourth-order valence-corrected chi connectivity index (χ4v) is 2.17. The van der Waals surface area contributed by atoms with E-state index in [4.69, 9.17) is 10.5 Å². The van der Waals surface area contributed by atoms with Crippen LogP contribution in [0.5, 0.6) is 5.88 Å². The number of hydrogen-bond donors (Lipinski definition) is 1. The zero-order valence-electron chi connectivity index (χ0n) is 11.0. The van der Waals surface area contributed by atoms with Gasteiger partial charge in [-0.15, -0.1) is 0 Å². The molecular weight excluding hydrogens is 230 g/mol. The Bertz CT molecular complexity index is 450. The highest BCUT2D eigenvalue weighted by Gasteiger charge is 2.30. The maximum Gasteiger partial charge on any atom is 0.313 e. The fourth-order valence-electron chi connectivity index (χ4n) is 2.17. The minimum Gasteiger partial charge on any atom is -0.470 e. The first-order chi connectivity index (χ1) is 8.60. The first-order valence-electron chi connectivity index (χ1n) is 6.52. The van der Waals surface area contributed by atoms with E-state index in [-0.39, 0.29) is 17.5 Å². The smallest absolute Gasteiger partial charge is 0.313 e. The summed E-state index contributed by atoms with van der Waals surface area (Å²) in [6.45, 7) is 5.53. The van der Waals surface area contributed by atoms with Gasteiger partial charge in [0.15, 0.2) is 0 Å². The van der Waals surface area contributed by atoms with Crippen LogP contribution in [0.2, 0.25) is 0 Å². The van der Waals surface area contributed by atoms with E-state index in [1.807, 2.05) is 0 Å². The van der Waals surface area contributed by atoms with Crippen molar-refractivity contribution in [3.63, 3.8) is 0 Å². The molecule has 0 unspecified atom stereocenters. The molecule has 2 N–H and O–H groups in total. The van der Waals surface area contributed by atoms with Crippen LogP contribution in [-0.4, -0.2) is 22.2 Å². The fraction of sp³-hybridized carbons (Fsp3) is 0.692. The summed E-state index contributed by atoms with van der Waals surface area (Å²) in [5.41, 5.74) is 5.42. The molecule has 1 saturated carbocycles. The van der Waals surface area contributed by atoms with Gasteiger partial charge in [0, 0.05) is 18.9 Å². The predicted octanol–water partition coefficient (Wildman–Crippen LogP) is 1.02. The van der Waals surface area contributed by atoms with Crippen molar-refractivity contribution in [2.45, 2.75) is 39.3 Å². The molecule has 5 heteroatoms. The molecule has 0 bridgehead atoms. The van der Waals surface area contributed by atoms with Crippen LogP contribution in [-0.2, 0) is 6.54 Å². The zero-order chi connectivity index (χ0) is 13.1. The summed E-state index contributed by atoms with van der Waals surface area (Å²) in [5.74, 6) is 1.18. The van der Waals surface area contributed by atoms with Gasteiger partial charge in [0.1, 0.15) is 6.10 Å². The van der Waals surface area contributed by atoms with Crippen molar-refractivity contribution in [3.05, 3.63) is 22.7 Å². The van der Waals surface area contributed by atoms with Gasteiger partial charge in [0.25, 0.3) is 5.88 Å². The molecule has 0 saturated heterocycles. The van der Waals surface area contributed by atoms with Gasteiger partial charge in [-0.3, -0.25) is 4.79 Å². The molecule has 1 heterocycles. The predicted molar refractivity (Wildman–Crippen MR) is 69.5 cm³/mol. The van der Waals surface area contributed by atoms with Crippen LogP contribution in [0.15, 0.2) is 17.2 Å². The van der Waals surface area contributed by atoms with E-state index < -0.39 is 0 Å². The van der Waals surface area contributed by atoms with E-state index >= 15 is 0 Å². The van der Waals surface area contributed by atoms with Gasteiger partial charge in [0.05, 0.1) is 0 Å². The molecule has 5 nitrogen and oxygen atoms in total. The number of rotatable bonds is 5. The Hall–Kier alpha value is -1.36. The Morgan fingerprint density at radius 2 is 2.28 bits per heavy atom. The largest absolute Gasteiger partial charge is 0.470 e. The second-order valence-electron chi connectivity index (χ2n) is 5.40. The molecule has 0 spiro atoms. The minimum atomic E-state index is -0.137. The first kappa shape index (κ1) is 13.1. The summed E-state index contributed by atoms with van der Waals surface area (Å²) in [5, 5.41) is 0. The highest BCUT2D eigenvalue weighted by atomic mass is 16.5. The quantitative estimate of drug-likeness (QED) is 0.848. The third-order valence-corrected chi connectivity index (χ3v) is 3.25. The minimum absolute atomic E-state index is 0.105. The van der Waals surface area contributed by atoms with E-state index in [9.17, 15) is 4.79 Å². The summed E-state index contributed by atoms with van der Waals surface area (Å²) < 4.78 is 7.29. The highest BCUT2D eigenvalue weighted by Crippen LogP contribution is 2.28. The Balaban J connectivity index is 2.03. The number of nitrogens with zero attached hydrogens (tertiary/aromatic N) is 2. The normalized spacial score (nSPS) is 22.9. The maximum atomic E-state index is 12.1. The Kier molecular flexibility index (Phi) is 4.01. The average Bonchev–Trinajstić information content (AvgIpc) is 2.27. The van der Waals surface area contributed by atoms with Crippen LogP contribution in [0.4, 0.5) is 0 Å². The lowest BCUT2D eigenvalue weighted by molar-refractivity contribution is 0.0627. The van der Waals surface area contributed by atoms with Crippen molar-refractivity contribution in [1.82, 2.24) is 9.55 Å². The van der Waals surface area contributed by atoms with E-state index in [1.165, 1.54) is 0 Å². The van der Waals surface area contributed by atoms with E-state index in [1.54, 1.807) is 17.0 Å². The Morgan fingerprint density at radius 1 is 1.56 bits per heavy atom. The van der Waals surface area contributed by atoms with Gasteiger partial charge in [-0.25, -0.2) is 4.98 Å². The third kappa shape index (κ3) is 2.90. The summed E-state index contributed by atoms with van der Waals surface area (Å²) in [6.07, 6.45) is 5.29. The highest BCUT2D eigenvalue weighted by molar-refractivity contribution is 5.06. The van der Waals surface area contributed by atoms with Gasteiger partial charge in [0.2, 0.25) is 0 Å². The standard InChI is InChI=1S/C13H21N3O2/c1-9(2)8-16-4-3-15-12(13(16)17)18-11-5-10(6-11)7-14/h3-4,9-11H,5-8,14H2,1-2H3. The lowest BCUT2D eigenvalue weighted by Crippen LogP contribution is -2.39. The summed E-state index contributed by atoms with van der Waals surface area (Å²) in [6, 6.07) is 0. The van der Waals surface area contributed by atoms with Crippen molar-refractivity contribution >= 4 is 0 Å². The van der Waals surface area contributed by atoms with Gasteiger partial charge >= 0.3 is 5.56 Å². The van der Waals surface area contributed by atoms with Crippen molar-refractivity contribution in [2.75, 3.05) is 6.54 Å². The second-order valence-corrected chi connectivity index (χ2v) is 5.40. The lowest BCUT2D eigenvalue weighted by atomic mass is 9.82. The molecule has 0 aromatic carbocycles. The number of hydrogen-bond acceptors (Lipinski definition) is 4. The molecule has 18 heavy (non-hydrogen) atoms. The van der Waals surface area contributed by atoms with Gasteiger partial charge < -0.3 is 15.0 Å². The third-order valence-electron chi connectivity index (χ3n) is 3.25. The molecule has 1 aromatic rings. The molecule has 0 atom stereocenters. The van der Waals surface area contributed by atoms with Gasteiger partial charge in [-0.1, -0.05) is 13.8 Å². The summed E-state index contributed by atoms with van der Waals surface area (Å²) in [7, 11) is 0. The average molecular weight is 251 g/mol. The maximum absolute atomic E-state index is 12.1. The number of nitrogens with two attached hydrogens (primary N) is 1. The SMILES string of the molecule is CC(C)Cn1ccnc(OC2CC(CN)C2)c1=O. The molecule has 0 aliphatic heterocycles. The second kappa shape index (κ2) is 5.52. The monoisotopic (exact) mass is 251 g/mol. The number of ether oxygens (including phenoxy) is 1. The molecule has 100 valence electrons. The topological polar surface area (TPSA) is 70.1 Å². The molecule has 0 radical (unpaired) electrons. The van der Waals surface area contributed by atoms with Crippen LogP contribution < -0.4 is 16.0 Å². The molecule has 2 rings (SSSR count). The van der Waals surface area contributed by atoms with Gasteiger partial charge in [-0.05, 0) is 31.2 Å². The van der Waals surface area contributed by atoms with Crippen LogP contribution in [0.1, 0.15) is 26.7 Å². The van der Waals surface area contributed by atoms with Crippen molar-refractivity contribution in [1.29, 1.82) is 0 Å². The van der Waals surface area contributed by atoms with Crippen LogP contribution in [0.3, 0.4) is 0 Å². The van der Waals surface area contributed by atoms with Crippen molar-refractivity contribution in [2.24, 2.45) is 17.6 Å². The molecule has 0 amide bonds. The molecule has 1 fully saturated rings. The molecule has 1 aliphatic rings. The number of aromatic nitrogens is 2. The Labute approximate surface area is 107 Å². The molecular formula is C13H21N3O2. The van der Waals surface area contributed by atoms with E-state index in [2.05, 4.69) is 18.8 Å². The van der Waals surface area contributed by atoms with Gasteiger partial charge in [-0.2, -0.15) is 0 Å². The first-order valence-corrected chi connectivity index (χ1v) is 6.52. The summed E-state index contributed by atoms with van der Waals surface area (Å²) >= 11 is 0. The Morgan fingerprint density at radius 3 is 2.89 bits per heavy atom. The summed E-state index contributed by atoms with van der Waals surface area (Å²) in [4.78, 5) is 16.1. The van der Waals surface area contributed by atoms with Crippen LogP contribution in [0, 0.1) is 11.8 Å². The van der Waals surface area contributed by atoms with Crippen molar-refractivity contribution in [3.8, 4) is 5.88 Å². The molecule has 1 aliphatic carbocycles. The van der Waals surface area contributed by atoms with Crippen molar-refractivity contribution < 1.29 is 4.74 Å². The van der Waals surface area contributed by atoms with Crippen LogP contribution in [0.25, 0.3) is 0 Å². The molecule has 1 aromatic heterocycles. The lowest BCUT2D eigenvalue weighted by Gasteiger charge is -2.33.